The van der Waals surface area contributed by atoms with Crippen molar-refractivity contribution in [2.24, 2.45) is 0 Å². The zero-order valence-corrected chi connectivity index (χ0v) is 11.0. The second kappa shape index (κ2) is 6.87. The number of aliphatic carboxylic acids is 1. The maximum Gasteiger partial charge on any atom is 0.318 e. The van der Waals surface area contributed by atoms with E-state index >= 15 is 0 Å². The number of hydrogen-bond acceptors (Lipinski definition) is 4. The molecule has 0 saturated heterocycles. The molecule has 1 heterocycles. The van der Waals surface area contributed by atoms with Crippen LogP contribution >= 0.6 is 0 Å². The first-order valence-electron chi connectivity index (χ1n) is 5.47. The first-order chi connectivity index (χ1) is 8.95. The molecular formula is C12H14N2O4S. The van der Waals surface area contributed by atoms with E-state index in [4.69, 9.17) is 11.5 Å². The van der Waals surface area contributed by atoms with Crippen LogP contribution in [0.1, 0.15) is 5.56 Å². The van der Waals surface area contributed by atoms with Crippen LogP contribution in [0.15, 0.2) is 24.5 Å². The van der Waals surface area contributed by atoms with Crippen LogP contribution < -0.4 is 0 Å². The number of terminal acetylenes is 1. The fourth-order valence-electron chi connectivity index (χ4n) is 1.43. The molecule has 0 aromatic carbocycles. The monoisotopic (exact) mass is 282 g/mol. The van der Waals surface area contributed by atoms with Crippen molar-refractivity contribution in [3.63, 3.8) is 0 Å². The molecule has 0 unspecified atom stereocenters. The molecule has 0 aliphatic heterocycles. The Balaban J connectivity index is 2.72. The summed E-state index contributed by atoms with van der Waals surface area (Å²) < 4.78 is 24.7. The molecule has 1 aromatic rings. The highest BCUT2D eigenvalue weighted by molar-refractivity contribution is 7.89. The molecule has 1 N–H and O–H groups in total. The zero-order chi connectivity index (χ0) is 14.3. The first-order valence-corrected chi connectivity index (χ1v) is 7.08. The fraction of sp³-hybridized carbons (Fsp3) is 0.333. The quantitative estimate of drug-likeness (QED) is 0.710. The van der Waals surface area contributed by atoms with Crippen molar-refractivity contribution in [1.82, 2.24) is 9.29 Å². The van der Waals surface area contributed by atoms with Crippen molar-refractivity contribution < 1.29 is 18.3 Å². The smallest absolute Gasteiger partial charge is 0.318 e. The number of carboxylic acid groups (broad SMARTS) is 1. The average Bonchev–Trinajstić information content (AvgIpc) is 2.37. The summed E-state index contributed by atoms with van der Waals surface area (Å²) in [4.78, 5) is 14.5. The van der Waals surface area contributed by atoms with Gasteiger partial charge in [-0.25, -0.2) is 8.42 Å². The van der Waals surface area contributed by atoms with E-state index in [9.17, 15) is 13.2 Å². The van der Waals surface area contributed by atoms with E-state index in [0.717, 1.165) is 9.87 Å². The molecule has 0 spiro atoms. The molecule has 102 valence electrons. The minimum atomic E-state index is -3.69. The Kier molecular flexibility index (Phi) is 5.48. The van der Waals surface area contributed by atoms with Crippen LogP contribution in [-0.2, 0) is 21.2 Å². The zero-order valence-electron chi connectivity index (χ0n) is 10.2. The van der Waals surface area contributed by atoms with Crippen molar-refractivity contribution >= 4 is 16.0 Å². The highest BCUT2D eigenvalue weighted by atomic mass is 32.2. The summed E-state index contributed by atoms with van der Waals surface area (Å²) in [6.45, 7) is -0.867. The average molecular weight is 282 g/mol. The molecule has 0 fully saturated rings. The molecule has 19 heavy (non-hydrogen) atoms. The second-order valence-corrected chi connectivity index (χ2v) is 5.88. The number of hydrogen-bond donors (Lipinski definition) is 1. The number of sulfonamides is 1. The maximum absolute atomic E-state index is 12.0. The molecule has 0 saturated carbocycles. The van der Waals surface area contributed by atoms with E-state index in [0.29, 0.717) is 0 Å². The maximum atomic E-state index is 12.0. The van der Waals surface area contributed by atoms with Crippen LogP contribution in [0.2, 0.25) is 0 Å². The van der Waals surface area contributed by atoms with Gasteiger partial charge in [-0.05, 0) is 24.1 Å². The van der Waals surface area contributed by atoms with Crippen LogP contribution in [0.4, 0.5) is 0 Å². The summed E-state index contributed by atoms with van der Waals surface area (Å²) in [5.74, 6) is 0.729. The van der Waals surface area contributed by atoms with Gasteiger partial charge < -0.3 is 5.11 Å². The topological polar surface area (TPSA) is 87.6 Å². The Hall–Kier alpha value is -1.91. The number of rotatable bonds is 7. The van der Waals surface area contributed by atoms with Crippen molar-refractivity contribution in [2.45, 2.75) is 6.42 Å². The number of aromatic nitrogens is 1. The molecule has 0 amide bonds. The third-order valence-electron chi connectivity index (χ3n) is 2.37. The molecule has 1 aromatic heterocycles. The van der Waals surface area contributed by atoms with Gasteiger partial charge in [0.25, 0.3) is 0 Å². The van der Waals surface area contributed by atoms with Crippen LogP contribution in [0.25, 0.3) is 0 Å². The van der Waals surface area contributed by atoms with Gasteiger partial charge in [-0.15, -0.1) is 6.42 Å². The van der Waals surface area contributed by atoms with Gasteiger partial charge in [-0.2, -0.15) is 4.31 Å². The Morgan fingerprint density at radius 2 is 2.05 bits per heavy atom. The summed E-state index contributed by atoms with van der Waals surface area (Å²) in [6.07, 6.45) is 8.47. The SMILES string of the molecule is C#CCN(CC(=O)O)S(=O)(=O)CCc1ccncc1. The number of aryl methyl sites for hydroxylation is 1. The summed E-state index contributed by atoms with van der Waals surface area (Å²) in [6, 6.07) is 3.41. The minimum Gasteiger partial charge on any atom is -0.480 e. The normalized spacial score (nSPS) is 11.2. The number of carboxylic acids is 1. The Morgan fingerprint density at radius 1 is 1.42 bits per heavy atom. The van der Waals surface area contributed by atoms with Crippen LogP contribution in [-0.4, -0.2) is 47.6 Å². The van der Waals surface area contributed by atoms with Gasteiger partial charge in [0.05, 0.1) is 12.3 Å². The molecule has 0 bridgehead atoms. The van der Waals surface area contributed by atoms with E-state index < -0.39 is 22.5 Å². The van der Waals surface area contributed by atoms with Gasteiger partial charge in [0.15, 0.2) is 0 Å². The van der Waals surface area contributed by atoms with E-state index in [1.54, 1.807) is 24.5 Å². The Morgan fingerprint density at radius 3 is 2.58 bits per heavy atom. The van der Waals surface area contributed by atoms with E-state index in [1.165, 1.54) is 0 Å². The lowest BCUT2D eigenvalue weighted by atomic mass is 10.2. The first kappa shape index (κ1) is 15.1. The third kappa shape index (κ3) is 5.07. The van der Waals surface area contributed by atoms with Crippen LogP contribution in [0.3, 0.4) is 0 Å². The van der Waals surface area contributed by atoms with Crippen LogP contribution in [0.5, 0.6) is 0 Å². The standard InChI is InChI=1S/C12H14N2O4S/c1-2-8-14(10-12(15)16)19(17,18)9-5-11-3-6-13-7-4-11/h1,3-4,6-7H,5,8-10H2,(H,15,16). The molecule has 1 rings (SSSR count). The largest absolute Gasteiger partial charge is 0.480 e. The summed E-state index contributed by atoms with van der Waals surface area (Å²) in [5.41, 5.74) is 0.814. The summed E-state index contributed by atoms with van der Waals surface area (Å²) in [7, 11) is -3.69. The van der Waals surface area contributed by atoms with Crippen molar-refractivity contribution in [1.29, 1.82) is 0 Å². The summed E-state index contributed by atoms with van der Waals surface area (Å²) >= 11 is 0. The van der Waals surface area contributed by atoms with Gasteiger partial charge in [0, 0.05) is 12.4 Å². The van der Waals surface area contributed by atoms with E-state index in [1.807, 2.05) is 0 Å². The van der Waals surface area contributed by atoms with Gasteiger partial charge in [-0.1, -0.05) is 5.92 Å². The van der Waals surface area contributed by atoms with Gasteiger partial charge in [0.2, 0.25) is 10.0 Å². The minimum absolute atomic E-state index is 0.189. The fourth-order valence-corrected chi connectivity index (χ4v) is 2.76. The molecule has 0 radical (unpaired) electrons. The molecule has 0 aliphatic rings. The predicted molar refractivity (Wildman–Crippen MR) is 69.8 cm³/mol. The Bertz CT molecular complexity index is 563. The van der Waals surface area contributed by atoms with Crippen LogP contribution in [0, 0.1) is 12.3 Å². The molecule has 7 heteroatoms. The highest BCUT2D eigenvalue weighted by Gasteiger charge is 2.23. The van der Waals surface area contributed by atoms with Gasteiger partial charge in [0.1, 0.15) is 6.54 Å². The molecule has 0 aliphatic carbocycles. The summed E-state index contributed by atoms with van der Waals surface area (Å²) in [5, 5.41) is 8.68. The van der Waals surface area contributed by atoms with Gasteiger partial charge >= 0.3 is 5.97 Å². The van der Waals surface area contributed by atoms with E-state index in [2.05, 4.69) is 10.9 Å². The van der Waals surface area contributed by atoms with Gasteiger partial charge in [-0.3, -0.25) is 9.78 Å². The molecule has 6 nitrogen and oxygen atoms in total. The highest BCUT2D eigenvalue weighted by Crippen LogP contribution is 2.06. The third-order valence-corrected chi connectivity index (χ3v) is 4.14. The Labute approximate surface area is 112 Å². The van der Waals surface area contributed by atoms with Crippen molar-refractivity contribution in [3.05, 3.63) is 30.1 Å². The lowest BCUT2D eigenvalue weighted by Crippen LogP contribution is -2.37. The molecular weight excluding hydrogens is 268 g/mol. The lowest BCUT2D eigenvalue weighted by molar-refractivity contribution is -0.137. The lowest BCUT2D eigenvalue weighted by Gasteiger charge is -2.17. The predicted octanol–water partition coefficient (Wildman–Crippen LogP) is -0.0263. The molecule has 0 atom stereocenters. The van der Waals surface area contributed by atoms with Crippen molar-refractivity contribution in [3.8, 4) is 12.3 Å². The van der Waals surface area contributed by atoms with E-state index in [-0.39, 0.29) is 18.7 Å². The number of pyridine rings is 1. The number of carbonyl (C=O) groups is 1. The number of nitrogens with zero attached hydrogens (tertiary/aromatic N) is 2. The second-order valence-electron chi connectivity index (χ2n) is 3.79. The van der Waals surface area contributed by atoms with Crippen molar-refractivity contribution in [2.75, 3.05) is 18.8 Å².